The van der Waals surface area contributed by atoms with Crippen molar-refractivity contribution < 1.29 is 9.59 Å². The fourth-order valence-electron chi connectivity index (χ4n) is 5.91. The van der Waals surface area contributed by atoms with Crippen molar-refractivity contribution in [2.45, 2.75) is 70.9 Å². The number of fused-ring (bicyclic) bond motifs is 5. The summed E-state index contributed by atoms with van der Waals surface area (Å²) in [7, 11) is 0. The second-order valence-corrected chi connectivity index (χ2v) is 9.83. The van der Waals surface area contributed by atoms with Gasteiger partial charge < -0.3 is 14.8 Å². The summed E-state index contributed by atoms with van der Waals surface area (Å²) in [6.07, 6.45) is 7.08. The molecule has 0 bridgehead atoms. The third kappa shape index (κ3) is 3.23. The SMILES string of the molecule is CC(C)CC1C(=O)N2CCc3c([nH]c4ccccc34)C2CN1C(=O)C1CCCCC1. The molecule has 160 valence electrons. The van der Waals surface area contributed by atoms with E-state index in [4.69, 9.17) is 0 Å². The molecule has 30 heavy (non-hydrogen) atoms. The van der Waals surface area contributed by atoms with E-state index >= 15 is 0 Å². The Morgan fingerprint density at radius 3 is 2.70 bits per heavy atom. The van der Waals surface area contributed by atoms with Crippen LogP contribution in [0.4, 0.5) is 0 Å². The Morgan fingerprint density at radius 1 is 1.17 bits per heavy atom. The lowest BCUT2D eigenvalue weighted by Gasteiger charge is -2.49. The Bertz CT molecular complexity index is 956. The van der Waals surface area contributed by atoms with Crippen LogP contribution in [0.3, 0.4) is 0 Å². The monoisotopic (exact) mass is 407 g/mol. The number of aromatic nitrogens is 1. The first-order chi connectivity index (χ1) is 14.5. The molecule has 3 heterocycles. The second kappa shape index (κ2) is 7.75. The van der Waals surface area contributed by atoms with Crippen LogP contribution in [-0.2, 0) is 16.0 Å². The van der Waals surface area contributed by atoms with Crippen LogP contribution in [0.25, 0.3) is 10.9 Å². The molecule has 2 aliphatic heterocycles. The minimum absolute atomic E-state index is 0.0513. The average molecular weight is 408 g/mol. The minimum Gasteiger partial charge on any atom is -0.356 e. The fraction of sp³-hybridized carbons (Fsp3) is 0.600. The van der Waals surface area contributed by atoms with Gasteiger partial charge in [0, 0.05) is 35.6 Å². The predicted octanol–water partition coefficient (Wildman–Crippen LogP) is 4.43. The summed E-state index contributed by atoms with van der Waals surface area (Å²) in [5, 5.41) is 1.26. The van der Waals surface area contributed by atoms with Crippen molar-refractivity contribution in [3.8, 4) is 0 Å². The van der Waals surface area contributed by atoms with Crippen molar-refractivity contribution in [1.82, 2.24) is 14.8 Å². The number of nitrogens with zero attached hydrogens (tertiary/aromatic N) is 2. The number of carbonyl (C=O) groups is 2. The lowest BCUT2D eigenvalue weighted by molar-refractivity contribution is -0.159. The van der Waals surface area contributed by atoms with Crippen LogP contribution < -0.4 is 0 Å². The molecule has 1 saturated carbocycles. The topological polar surface area (TPSA) is 56.4 Å². The number of aromatic amines is 1. The first-order valence-corrected chi connectivity index (χ1v) is 11.7. The van der Waals surface area contributed by atoms with Gasteiger partial charge in [0.2, 0.25) is 11.8 Å². The molecule has 5 nitrogen and oxygen atoms in total. The zero-order valence-corrected chi connectivity index (χ0v) is 18.2. The number of para-hydroxylation sites is 1. The summed E-state index contributed by atoms with van der Waals surface area (Å²) in [5.74, 6) is 0.842. The van der Waals surface area contributed by atoms with Crippen LogP contribution in [0, 0.1) is 11.8 Å². The van der Waals surface area contributed by atoms with E-state index in [9.17, 15) is 9.59 Å². The standard InChI is InChI=1S/C25H33N3O2/c1-16(2)14-21-25(30)27-13-12-19-18-10-6-7-11-20(18)26-23(19)22(27)15-28(21)24(29)17-8-4-3-5-9-17/h6-7,10-11,16-17,21-22,26H,3-5,8-9,12-15H2,1-2H3. The van der Waals surface area contributed by atoms with Gasteiger partial charge in [-0.2, -0.15) is 0 Å². The highest BCUT2D eigenvalue weighted by molar-refractivity contribution is 5.91. The van der Waals surface area contributed by atoms with E-state index in [-0.39, 0.29) is 29.8 Å². The number of amides is 2. The molecule has 1 aromatic carbocycles. The van der Waals surface area contributed by atoms with Gasteiger partial charge in [0.25, 0.3) is 0 Å². The Kier molecular flexibility index (Phi) is 5.08. The van der Waals surface area contributed by atoms with Gasteiger partial charge in [0.1, 0.15) is 6.04 Å². The highest BCUT2D eigenvalue weighted by atomic mass is 16.2. The zero-order valence-electron chi connectivity index (χ0n) is 18.2. The highest BCUT2D eigenvalue weighted by Crippen LogP contribution is 2.40. The third-order valence-electron chi connectivity index (χ3n) is 7.40. The van der Waals surface area contributed by atoms with Crippen LogP contribution in [0.15, 0.2) is 24.3 Å². The second-order valence-electron chi connectivity index (χ2n) is 9.83. The van der Waals surface area contributed by atoms with Gasteiger partial charge in [-0.3, -0.25) is 9.59 Å². The highest BCUT2D eigenvalue weighted by Gasteiger charge is 2.46. The quantitative estimate of drug-likeness (QED) is 0.818. The molecule has 1 N–H and O–H groups in total. The van der Waals surface area contributed by atoms with Gasteiger partial charge in [-0.1, -0.05) is 51.3 Å². The molecule has 1 aromatic heterocycles. The number of rotatable bonds is 3. The number of carbonyl (C=O) groups excluding carboxylic acids is 2. The lowest BCUT2D eigenvalue weighted by atomic mass is 9.85. The van der Waals surface area contributed by atoms with Gasteiger partial charge in [-0.15, -0.1) is 0 Å². The molecule has 2 fully saturated rings. The normalized spacial score (nSPS) is 25.0. The molecule has 2 aromatic rings. The molecule has 1 aliphatic carbocycles. The number of hydrogen-bond donors (Lipinski definition) is 1. The van der Waals surface area contributed by atoms with E-state index in [0.717, 1.165) is 56.3 Å². The maximum absolute atomic E-state index is 13.6. The van der Waals surface area contributed by atoms with Gasteiger partial charge in [0.15, 0.2) is 0 Å². The van der Waals surface area contributed by atoms with Crippen LogP contribution in [-0.4, -0.2) is 45.7 Å². The molecule has 5 rings (SSSR count). The predicted molar refractivity (Wildman–Crippen MR) is 118 cm³/mol. The van der Waals surface area contributed by atoms with E-state index in [1.165, 1.54) is 17.4 Å². The first-order valence-electron chi connectivity index (χ1n) is 11.7. The summed E-state index contributed by atoms with van der Waals surface area (Å²) >= 11 is 0. The summed E-state index contributed by atoms with van der Waals surface area (Å²) in [4.78, 5) is 34.9. The molecular formula is C25H33N3O2. The molecule has 2 unspecified atom stereocenters. The van der Waals surface area contributed by atoms with Gasteiger partial charge >= 0.3 is 0 Å². The fourth-order valence-corrected chi connectivity index (χ4v) is 5.91. The molecule has 3 aliphatic rings. The number of benzene rings is 1. The van der Waals surface area contributed by atoms with E-state index in [1.54, 1.807) is 0 Å². The van der Waals surface area contributed by atoms with E-state index in [0.29, 0.717) is 12.5 Å². The van der Waals surface area contributed by atoms with Crippen molar-refractivity contribution in [1.29, 1.82) is 0 Å². The average Bonchev–Trinajstić information content (AvgIpc) is 3.14. The maximum atomic E-state index is 13.6. The zero-order chi connectivity index (χ0) is 20.8. The van der Waals surface area contributed by atoms with Gasteiger partial charge in [-0.05, 0) is 43.2 Å². The van der Waals surface area contributed by atoms with E-state index < -0.39 is 0 Å². The van der Waals surface area contributed by atoms with Crippen LogP contribution >= 0.6 is 0 Å². The van der Waals surface area contributed by atoms with Crippen molar-refractivity contribution in [2.24, 2.45) is 11.8 Å². The molecule has 5 heteroatoms. The number of piperazine rings is 1. The number of nitrogens with one attached hydrogen (secondary N) is 1. The van der Waals surface area contributed by atoms with Gasteiger partial charge in [-0.25, -0.2) is 0 Å². The van der Waals surface area contributed by atoms with E-state index in [2.05, 4.69) is 41.9 Å². The molecular weight excluding hydrogens is 374 g/mol. The van der Waals surface area contributed by atoms with Crippen molar-refractivity contribution >= 4 is 22.7 Å². The van der Waals surface area contributed by atoms with Crippen molar-refractivity contribution in [3.63, 3.8) is 0 Å². The Hall–Kier alpha value is -2.30. The smallest absolute Gasteiger partial charge is 0.246 e. The Balaban J connectivity index is 1.51. The van der Waals surface area contributed by atoms with Crippen LogP contribution in [0.2, 0.25) is 0 Å². The molecule has 2 amide bonds. The van der Waals surface area contributed by atoms with Crippen molar-refractivity contribution in [3.05, 3.63) is 35.5 Å². The molecule has 0 spiro atoms. The van der Waals surface area contributed by atoms with Crippen molar-refractivity contribution in [2.75, 3.05) is 13.1 Å². The summed E-state index contributed by atoms with van der Waals surface area (Å²) in [6, 6.07) is 8.04. The first kappa shape index (κ1) is 19.7. The Labute approximate surface area is 178 Å². The Morgan fingerprint density at radius 2 is 1.93 bits per heavy atom. The van der Waals surface area contributed by atoms with E-state index in [1.807, 2.05) is 11.0 Å². The molecule has 1 saturated heterocycles. The van der Waals surface area contributed by atoms with Gasteiger partial charge in [0.05, 0.1) is 6.04 Å². The summed E-state index contributed by atoms with van der Waals surface area (Å²) in [6.45, 7) is 5.67. The summed E-state index contributed by atoms with van der Waals surface area (Å²) < 4.78 is 0. The summed E-state index contributed by atoms with van der Waals surface area (Å²) in [5.41, 5.74) is 3.60. The molecule has 0 radical (unpaired) electrons. The largest absolute Gasteiger partial charge is 0.356 e. The maximum Gasteiger partial charge on any atom is 0.246 e. The number of H-pyrrole nitrogens is 1. The third-order valence-corrected chi connectivity index (χ3v) is 7.40. The van der Waals surface area contributed by atoms with Crippen LogP contribution in [0.1, 0.15) is 69.7 Å². The van der Waals surface area contributed by atoms with Crippen LogP contribution in [0.5, 0.6) is 0 Å². The molecule has 2 atom stereocenters. The minimum atomic E-state index is -0.304. The lowest BCUT2D eigenvalue weighted by Crippen LogP contribution is -2.62. The number of hydrogen-bond acceptors (Lipinski definition) is 2.